The molecule has 1 atom stereocenters. The molecule has 1 unspecified atom stereocenters. The first-order valence-electron chi connectivity index (χ1n) is 9.69. The van der Waals surface area contributed by atoms with Crippen LogP contribution in [0.4, 0.5) is 5.82 Å². The van der Waals surface area contributed by atoms with Crippen LogP contribution in [0.15, 0.2) is 41.5 Å². The largest absolute Gasteiger partial charge is 0.452 e. The molecule has 6 nitrogen and oxygen atoms in total. The number of ether oxygens (including phenoxy) is 1. The Morgan fingerprint density at radius 2 is 2.11 bits per heavy atom. The van der Waals surface area contributed by atoms with Crippen molar-refractivity contribution in [2.24, 2.45) is 0 Å². The fraction of sp³-hybridized carbons (Fsp3) is 0.429. The molecule has 3 heterocycles. The molecule has 1 N–H and O–H groups in total. The molecule has 0 radical (unpaired) electrons. The molecule has 0 aromatic carbocycles. The molecular weight excluding hydrogens is 376 g/mol. The maximum Gasteiger partial charge on any atom is 0.335 e. The predicted molar refractivity (Wildman–Crippen MR) is 112 cm³/mol. The Kier molecular flexibility index (Phi) is 6.23. The molecule has 1 aromatic heterocycles. The molecule has 0 bridgehead atoms. The Labute approximate surface area is 171 Å². The molecule has 7 heteroatoms. The number of quaternary nitrogens is 1. The second-order valence-electron chi connectivity index (χ2n) is 7.04. The molecule has 0 fully saturated rings. The number of anilines is 1. The van der Waals surface area contributed by atoms with Gasteiger partial charge < -0.3 is 10.1 Å². The maximum absolute atomic E-state index is 6.04. The van der Waals surface area contributed by atoms with E-state index < -0.39 is 0 Å². The normalized spacial score (nSPS) is 21.8. The van der Waals surface area contributed by atoms with E-state index in [-0.39, 0.29) is 17.1 Å². The highest BCUT2D eigenvalue weighted by Crippen LogP contribution is 2.43. The quantitative estimate of drug-likeness (QED) is 0.560. The van der Waals surface area contributed by atoms with Gasteiger partial charge in [0, 0.05) is 18.2 Å². The first-order chi connectivity index (χ1) is 13.2. The molecular formula is C21H28ClN4O2+. The van der Waals surface area contributed by atoms with E-state index in [2.05, 4.69) is 46.9 Å². The van der Waals surface area contributed by atoms with Gasteiger partial charge in [0.1, 0.15) is 0 Å². The summed E-state index contributed by atoms with van der Waals surface area (Å²) < 4.78 is 5.87. The van der Waals surface area contributed by atoms with E-state index in [0.717, 1.165) is 53.6 Å². The highest BCUT2D eigenvalue weighted by Gasteiger charge is 2.49. The maximum atomic E-state index is 6.04. The molecule has 0 amide bonds. The van der Waals surface area contributed by atoms with Crippen LogP contribution in [0.25, 0.3) is 11.9 Å². The standard InChI is InChI=1S/C21H27N4O2.ClH/c1-4-5-8-11-22-21-19-16(13-23-24-21)14-25(27-3)18(26-2)12-15-9-6-7-10-17(15)20(19)25;/h7,10,12-14H,4-6,8-9,11H2,1-3H3,(H,22,24);1H/q+1;. The minimum atomic E-state index is 0. The number of nitrogens with zero attached hydrogens (tertiary/aromatic N) is 3. The van der Waals surface area contributed by atoms with E-state index in [1.165, 1.54) is 24.0 Å². The van der Waals surface area contributed by atoms with Gasteiger partial charge in [-0.15, -0.1) is 17.5 Å². The molecule has 2 aliphatic heterocycles. The summed E-state index contributed by atoms with van der Waals surface area (Å²) in [6.07, 6.45) is 15.9. The highest BCUT2D eigenvalue weighted by atomic mass is 35.5. The third-order valence-electron chi connectivity index (χ3n) is 5.43. The number of hydrogen-bond donors (Lipinski definition) is 1. The number of halogens is 1. The molecule has 0 spiro atoms. The number of fused-ring (bicyclic) bond motifs is 3. The van der Waals surface area contributed by atoms with Crippen LogP contribution in [0.1, 0.15) is 39.0 Å². The molecule has 1 aromatic rings. The second-order valence-corrected chi connectivity index (χ2v) is 7.04. The van der Waals surface area contributed by atoms with Crippen LogP contribution in [0.3, 0.4) is 0 Å². The van der Waals surface area contributed by atoms with Crippen molar-refractivity contribution in [1.82, 2.24) is 10.2 Å². The van der Waals surface area contributed by atoms with Crippen molar-refractivity contribution in [3.63, 3.8) is 0 Å². The molecule has 3 aliphatic rings. The zero-order chi connectivity index (χ0) is 18.9. The smallest absolute Gasteiger partial charge is 0.335 e. The molecule has 150 valence electrons. The highest BCUT2D eigenvalue weighted by molar-refractivity contribution is 5.85. The van der Waals surface area contributed by atoms with Crippen molar-refractivity contribution >= 4 is 30.1 Å². The number of methoxy groups -OCH3 is 1. The molecule has 1 aliphatic carbocycles. The molecule has 0 saturated heterocycles. The lowest BCUT2D eigenvalue weighted by Gasteiger charge is -2.34. The summed E-state index contributed by atoms with van der Waals surface area (Å²) in [5, 5.41) is 14.2. The van der Waals surface area contributed by atoms with E-state index in [1.54, 1.807) is 20.4 Å². The Bertz CT molecular complexity index is 967. The van der Waals surface area contributed by atoms with Crippen LogP contribution in [0.5, 0.6) is 0 Å². The number of hydrogen-bond acceptors (Lipinski definition) is 5. The van der Waals surface area contributed by atoms with Gasteiger partial charge >= 0.3 is 5.88 Å². The van der Waals surface area contributed by atoms with Crippen LogP contribution in [0.2, 0.25) is 0 Å². The summed E-state index contributed by atoms with van der Waals surface area (Å²) in [6, 6.07) is 0. The summed E-state index contributed by atoms with van der Waals surface area (Å²) in [5.74, 6) is 1.57. The van der Waals surface area contributed by atoms with Crippen LogP contribution in [-0.2, 0) is 9.57 Å². The fourth-order valence-electron chi connectivity index (χ4n) is 4.10. The van der Waals surface area contributed by atoms with E-state index in [0.29, 0.717) is 0 Å². The van der Waals surface area contributed by atoms with Gasteiger partial charge in [-0.2, -0.15) is 9.94 Å². The average molecular weight is 404 g/mol. The van der Waals surface area contributed by atoms with Gasteiger partial charge in [-0.3, -0.25) is 0 Å². The zero-order valence-electron chi connectivity index (χ0n) is 16.7. The lowest BCUT2D eigenvalue weighted by molar-refractivity contribution is -0.962. The third kappa shape index (κ3) is 3.15. The van der Waals surface area contributed by atoms with E-state index in [9.17, 15) is 0 Å². The van der Waals surface area contributed by atoms with Crippen molar-refractivity contribution in [3.8, 4) is 0 Å². The topological polar surface area (TPSA) is 56.3 Å². The number of allylic oxidation sites excluding steroid dienone is 3. The van der Waals surface area contributed by atoms with Crippen molar-refractivity contribution in [3.05, 3.63) is 51.9 Å². The zero-order valence-corrected chi connectivity index (χ0v) is 17.5. The van der Waals surface area contributed by atoms with Gasteiger partial charge in [0.05, 0.1) is 30.9 Å². The average Bonchev–Trinajstić information content (AvgIpc) is 3.07. The Balaban J connectivity index is 0.00000225. The van der Waals surface area contributed by atoms with Gasteiger partial charge in [-0.25, -0.2) is 0 Å². The number of hydroxylamine groups is 3. The van der Waals surface area contributed by atoms with Crippen molar-refractivity contribution < 1.29 is 14.2 Å². The fourth-order valence-corrected chi connectivity index (χ4v) is 4.10. The van der Waals surface area contributed by atoms with E-state index in [4.69, 9.17) is 9.57 Å². The molecule has 0 saturated carbocycles. The Morgan fingerprint density at radius 3 is 2.86 bits per heavy atom. The predicted octanol–water partition coefficient (Wildman–Crippen LogP) is 2.89. The Morgan fingerprint density at radius 1 is 1.25 bits per heavy atom. The van der Waals surface area contributed by atoms with Crippen molar-refractivity contribution in [2.75, 3.05) is 26.1 Å². The number of unbranched alkanes of at least 4 members (excludes halogenated alkanes) is 2. The summed E-state index contributed by atoms with van der Waals surface area (Å²) in [6.45, 7) is 3.09. The lowest BCUT2D eigenvalue weighted by Crippen LogP contribution is -2.42. The summed E-state index contributed by atoms with van der Waals surface area (Å²) in [5.41, 5.74) is 3.54. The summed E-state index contributed by atoms with van der Waals surface area (Å²) in [4.78, 5) is 6.04. The van der Waals surface area contributed by atoms with Crippen LogP contribution >= 0.6 is 12.4 Å². The summed E-state index contributed by atoms with van der Waals surface area (Å²) in [7, 11) is 3.41. The monoisotopic (exact) mass is 403 g/mol. The van der Waals surface area contributed by atoms with Crippen LogP contribution < -0.4 is 15.8 Å². The Hall–Kier alpha value is -2.15. The molecule has 4 rings (SSSR count). The van der Waals surface area contributed by atoms with Gasteiger partial charge in [0.15, 0.2) is 17.7 Å². The first kappa shape index (κ1) is 20.6. The van der Waals surface area contributed by atoms with Crippen LogP contribution in [0, 0.1) is 0 Å². The first-order valence-corrected chi connectivity index (χ1v) is 9.69. The van der Waals surface area contributed by atoms with Gasteiger partial charge in [-0.1, -0.05) is 36.6 Å². The van der Waals surface area contributed by atoms with Gasteiger partial charge in [0.2, 0.25) is 0 Å². The minimum Gasteiger partial charge on any atom is -0.452 e. The molecule has 28 heavy (non-hydrogen) atoms. The summed E-state index contributed by atoms with van der Waals surface area (Å²) >= 11 is 0. The van der Waals surface area contributed by atoms with Crippen molar-refractivity contribution in [2.45, 2.75) is 39.0 Å². The third-order valence-corrected chi connectivity index (χ3v) is 5.43. The number of aromatic nitrogens is 2. The SMILES string of the molecule is CCCCCNc1nncc2c1=C1C3=C(C=C(OC)[N+]1(OC)C=2)CCC=C3.Cl. The van der Waals surface area contributed by atoms with Gasteiger partial charge in [0.25, 0.3) is 0 Å². The lowest BCUT2D eigenvalue weighted by atomic mass is 9.91. The second kappa shape index (κ2) is 8.47. The van der Waals surface area contributed by atoms with E-state index >= 15 is 0 Å². The minimum absolute atomic E-state index is 0. The van der Waals surface area contributed by atoms with Crippen molar-refractivity contribution in [1.29, 1.82) is 0 Å². The van der Waals surface area contributed by atoms with Crippen LogP contribution in [-0.4, -0.2) is 35.6 Å². The van der Waals surface area contributed by atoms with E-state index in [1.807, 2.05) is 0 Å². The number of nitrogens with one attached hydrogen (secondary N) is 1. The number of rotatable bonds is 7. The van der Waals surface area contributed by atoms with Gasteiger partial charge in [-0.05, 0) is 24.8 Å².